The number of amides is 1. The Hall–Kier alpha value is -1.92. The van der Waals surface area contributed by atoms with Gasteiger partial charge < -0.3 is 10.1 Å². The van der Waals surface area contributed by atoms with Gasteiger partial charge in [0.25, 0.3) is 5.91 Å². The molecule has 0 aromatic carbocycles. The Morgan fingerprint density at radius 3 is 2.86 bits per heavy atom. The van der Waals surface area contributed by atoms with Crippen molar-refractivity contribution in [1.82, 2.24) is 5.32 Å². The van der Waals surface area contributed by atoms with Crippen LogP contribution >= 0.6 is 0 Å². The van der Waals surface area contributed by atoms with Crippen LogP contribution in [0.2, 0.25) is 0 Å². The summed E-state index contributed by atoms with van der Waals surface area (Å²) < 4.78 is 4.78. The minimum absolute atomic E-state index is 0.210. The van der Waals surface area contributed by atoms with Gasteiger partial charge in [-0.15, -0.1) is 0 Å². The molecule has 2 rings (SSSR count). The molecule has 2 aliphatic carbocycles. The first-order chi connectivity index (χ1) is 10.1. The van der Waals surface area contributed by atoms with E-state index in [4.69, 9.17) is 4.74 Å². The largest absolute Gasteiger partial charge is 0.455 e. The van der Waals surface area contributed by atoms with Crippen molar-refractivity contribution in [2.45, 2.75) is 44.6 Å². The molecule has 116 valence electrons. The molecule has 0 aliphatic heterocycles. The van der Waals surface area contributed by atoms with E-state index in [9.17, 15) is 19.7 Å². The van der Waals surface area contributed by atoms with Crippen molar-refractivity contribution in [3.8, 4) is 0 Å². The molecule has 0 heterocycles. The first kappa shape index (κ1) is 15.5. The Morgan fingerprint density at radius 2 is 2.24 bits per heavy atom. The normalized spacial score (nSPS) is 23.9. The maximum absolute atomic E-state index is 11.5. The molecule has 7 nitrogen and oxygen atoms in total. The molecule has 1 saturated carbocycles. The standard InChI is InChI=1S/C14H20N2O5/c17-13(15-7-6-10-4-2-1-3-5-10)9-21-14(18)11-8-12(11)16(19)20/h4,11-12H,1-3,5-9H2,(H,15,17). The third kappa shape index (κ3) is 4.84. The first-order valence-corrected chi connectivity index (χ1v) is 7.32. The summed E-state index contributed by atoms with van der Waals surface area (Å²) in [6.45, 7) is 0.169. The average molecular weight is 296 g/mol. The highest BCUT2D eigenvalue weighted by Gasteiger charge is 2.54. The Bertz CT molecular complexity index is 460. The van der Waals surface area contributed by atoms with Crippen molar-refractivity contribution in [3.63, 3.8) is 0 Å². The second kappa shape index (κ2) is 7.19. The molecule has 1 amide bonds. The van der Waals surface area contributed by atoms with Gasteiger partial charge in [-0.05, 0) is 32.1 Å². The van der Waals surface area contributed by atoms with Crippen molar-refractivity contribution < 1.29 is 19.2 Å². The van der Waals surface area contributed by atoms with Crippen LogP contribution in [-0.4, -0.2) is 36.0 Å². The van der Waals surface area contributed by atoms with Crippen LogP contribution in [0.4, 0.5) is 0 Å². The summed E-state index contributed by atoms with van der Waals surface area (Å²) in [5.74, 6) is -1.69. The Kier molecular flexibility index (Phi) is 5.30. The highest BCUT2D eigenvalue weighted by Crippen LogP contribution is 2.33. The van der Waals surface area contributed by atoms with Crippen LogP contribution < -0.4 is 5.32 Å². The van der Waals surface area contributed by atoms with Gasteiger partial charge in [-0.1, -0.05) is 11.6 Å². The van der Waals surface area contributed by atoms with Gasteiger partial charge in [0.05, 0.1) is 0 Å². The number of allylic oxidation sites excluding steroid dienone is 1. The smallest absolute Gasteiger partial charge is 0.316 e. The highest BCUT2D eigenvalue weighted by atomic mass is 16.6. The lowest BCUT2D eigenvalue weighted by Crippen LogP contribution is -2.30. The lowest BCUT2D eigenvalue weighted by atomic mass is 9.97. The van der Waals surface area contributed by atoms with Crippen LogP contribution in [0.15, 0.2) is 11.6 Å². The van der Waals surface area contributed by atoms with E-state index in [1.165, 1.54) is 18.4 Å². The summed E-state index contributed by atoms with van der Waals surface area (Å²) >= 11 is 0. The molecule has 7 heteroatoms. The quantitative estimate of drug-likeness (QED) is 0.329. The van der Waals surface area contributed by atoms with E-state index in [0.29, 0.717) is 6.54 Å². The van der Waals surface area contributed by atoms with Crippen LogP contribution in [0.1, 0.15) is 38.5 Å². The van der Waals surface area contributed by atoms with Crippen LogP contribution in [0.25, 0.3) is 0 Å². The van der Waals surface area contributed by atoms with Crippen molar-refractivity contribution in [2.75, 3.05) is 13.2 Å². The fraction of sp³-hybridized carbons (Fsp3) is 0.714. The Balaban J connectivity index is 1.56. The third-order valence-electron chi connectivity index (χ3n) is 3.83. The molecule has 0 spiro atoms. The SMILES string of the molecule is O=C(COC(=O)C1CC1[N+](=O)[O-])NCCC1=CCCCC1. The Labute approximate surface area is 122 Å². The molecule has 0 radical (unpaired) electrons. The lowest BCUT2D eigenvalue weighted by Gasteiger charge is -2.12. The van der Waals surface area contributed by atoms with E-state index in [0.717, 1.165) is 19.3 Å². The predicted octanol–water partition coefficient (Wildman–Crippen LogP) is 1.20. The van der Waals surface area contributed by atoms with E-state index in [1.54, 1.807) is 0 Å². The lowest BCUT2D eigenvalue weighted by molar-refractivity contribution is -0.497. The summed E-state index contributed by atoms with van der Waals surface area (Å²) in [5, 5.41) is 13.1. The van der Waals surface area contributed by atoms with Crippen LogP contribution in [-0.2, 0) is 14.3 Å². The number of nitrogens with zero attached hydrogens (tertiary/aromatic N) is 1. The summed E-state index contributed by atoms with van der Waals surface area (Å²) in [6.07, 6.45) is 7.90. The second-order valence-corrected chi connectivity index (χ2v) is 5.51. The van der Waals surface area contributed by atoms with E-state index in [2.05, 4.69) is 11.4 Å². The number of rotatable bonds is 7. The fourth-order valence-electron chi connectivity index (χ4n) is 2.46. The molecule has 1 N–H and O–H groups in total. The minimum Gasteiger partial charge on any atom is -0.455 e. The molecule has 1 fully saturated rings. The number of ether oxygens (including phenoxy) is 1. The monoisotopic (exact) mass is 296 g/mol. The summed E-state index contributed by atoms with van der Waals surface area (Å²) in [6, 6.07) is -0.834. The molecule has 2 aliphatic rings. The average Bonchev–Trinajstić information content (AvgIpc) is 3.26. The minimum atomic E-state index is -0.834. The highest BCUT2D eigenvalue weighted by molar-refractivity contribution is 5.82. The molecule has 0 aromatic heterocycles. The maximum Gasteiger partial charge on any atom is 0.316 e. The number of carbonyl (C=O) groups is 2. The molecule has 2 unspecified atom stereocenters. The van der Waals surface area contributed by atoms with Crippen molar-refractivity contribution >= 4 is 11.9 Å². The summed E-state index contributed by atoms with van der Waals surface area (Å²) in [5.41, 5.74) is 1.37. The van der Waals surface area contributed by atoms with E-state index < -0.39 is 22.9 Å². The zero-order valence-electron chi connectivity index (χ0n) is 11.9. The molecule has 21 heavy (non-hydrogen) atoms. The van der Waals surface area contributed by atoms with E-state index in [1.807, 2.05) is 0 Å². The van der Waals surface area contributed by atoms with Gasteiger partial charge in [0.2, 0.25) is 6.04 Å². The number of nitrogens with one attached hydrogen (secondary N) is 1. The zero-order chi connectivity index (χ0) is 15.2. The summed E-state index contributed by atoms with van der Waals surface area (Å²) in [7, 11) is 0. The predicted molar refractivity (Wildman–Crippen MR) is 74.0 cm³/mol. The molecular weight excluding hydrogens is 276 g/mol. The number of esters is 1. The van der Waals surface area contributed by atoms with Crippen molar-refractivity contribution in [3.05, 3.63) is 21.8 Å². The maximum atomic E-state index is 11.5. The fourth-order valence-corrected chi connectivity index (χ4v) is 2.46. The van der Waals surface area contributed by atoms with Gasteiger partial charge in [-0.3, -0.25) is 19.7 Å². The van der Waals surface area contributed by atoms with Crippen LogP contribution in [0.3, 0.4) is 0 Å². The number of carbonyl (C=O) groups excluding carboxylic acids is 2. The van der Waals surface area contributed by atoms with Gasteiger partial charge in [0.1, 0.15) is 5.92 Å². The number of hydrogen-bond donors (Lipinski definition) is 1. The molecule has 0 aromatic rings. The van der Waals surface area contributed by atoms with Crippen LogP contribution in [0, 0.1) is 16.0 Å². The van der Waals surface area contributed by atoms with Gasteiger partial charge in [-0.25, -0.2) is 0 Å². The molecule has 0 bridgehead atoms. The molecule has 2 atom stereocenters. The van der Waals surface area contributed by atoms with Gasteiger partial charge >= 0.3 is 5.97 Å². The van der Waals surface area contributed by atoms with Crippen LogP contribution in [0.5, 0.6) is 0 Å². The van der Waals surface area contributed by atoms with Crippen molar-refractivity contribution in [1.29, 1.82) is 0 Å². The van der Waals surface area contributed by atoms with E-state index >= 15 is 0 Å². The van der Waals surface area contributed by atoms with Gasteiger partial charge in [-0.2, -0.15) is 0 Å². The number of hydrogen-bond acceptors (Lipinski definition) is 5. The van der Waals surface area contributed by atoms with Gasteiger partial charge in [0.15, 0.2) is 6.61 Å². The van der Waals surface area contributed by atoms with Crippen molar-refractivity contribution in [2.24, 2.45) is 5.92 Å². The topological polar surface area (TPSA) is 98.5 Å². The van der Waals surface area contributed by atoms with E-state index in [-0.39, 0.29) is 18.9 Å². The second-order valence-electron chi connectivity index (χ2n) is 5.51. The summed E-state index contributed by atoms with van der Waals surface area (Å²) in [4.78, 5) is 32.9. The third-order valence-corrected chi connectivity index (χ3v) is 3.83. The first-order valence-electron chi connectivity index (χ1n) is 7.32. The molecule has 0 saturated heterocycles. The number of nitro groups is 1. The molecular formula is C14H20N2O5. The van der Waals surface area contributed by atoms with Gasteiger partial charge in [0, 0.05) is 17.9 Å². The zero-order valence-corrected chi connectivity index (χ0v) is 11.9. The Morgan fingerprint density at radius 1 is 1.43 bits per heavy atom.